The van der Waals surface area contributed by atoms with Gasteiger partial charge in [0, 0.05) is 6.54 Å². The van der Waals surface area contributed by atoms with E-state index in [0.717, 1.165) is 27.8 Å². The lowest BCUT2D eigenvalue weighted by molar-refractivity contribution is -0.0245. The normalized spacial score (nSPS) is 16.8. The lowest BCUT2D eigenvalue weighted by atomic mass is 10.1. The molecular weight excluding hydrogens is 408 g/mol. The van der Waals surface area contributed by atoms with E-state index in [0.29, 0.717) is 35.5 Å². The minimum absolute atomic E-state index is 0.0108. The highest BCUT2D eigenvalue weighted by Gasteiger charge is 2.29. The quantitative estimate of drug-likeness (QED) is 0.662. The van der Waals surface area contributed by atoms with E-state index in [9.17, 15) is 4.79 Å². The second kappa shape index (κ2) is 8.52. The Morgan fingerprint density at radius 2 is 2.14 bits per heavy atom. The minimum Gasteiger partial charge on any atom is -0.368 e. The molecule has 1 saturated heterocycles. The van der Waals surface area contributed by atoms with Gasteiger partial charge in [0.05, 0.1) is 29.5 Å². The molecule has 3 aromatic rings. The van der Waals surface area contributed by atoms with Crippen molar-refractivity contribution in [1.29, 1.82) is 0 Å². The third-order valence-corrected chi connectivity index (χ3v) is 6.60. The molecule has 8 nitrogen and oxygen atoms in total. The molecule has 1 N–H and O–H groups in total. The van der Waals surface area contributed by atoms with Crippen LogP contribution >= 0.6 is 22.7 Å². The highest BCUT2D eigenvalue weighted by Crippen LogP contribution is 2.26. The molecule has 0 saturated carbocycles. The fraction of sp³-hybridized carbons (Fsp3) is 0.421. The van der Waals surface area contributed by atoms with Crippen molar-refractivity contribution in [2.75, 3.05) is 25.0 Å². The molecule has 0 aliphatic carbocycles. The number of morpholine rings is 1. The van der Waals surface area contributed by atoms with Crippen molar-refractivity contribution in [3.63, 3.8) is 0 Å². The van der Waals surface area contributed by atoms with Gasteiger partial charge < -0.3 is 15.0 Å². The van der Waals surface area contributed by atoms with Gasteiger partial charge in [0.25, 0.3) is 5.91 Å². The zero-order valence-electron chi connectivity index (χ0n) is 16.5. The van der Waals surface area contributed by atoms with E-state index in [1.165, 1.54) is 22.7 Å². The average Bonchev–Trinajstić information content (AvgIpc) is 3.33. The second-order valence-electron chi connectivity index (χ2n) is 6.69. The summed E-state index contributed by atoms with van der Waals surface area (Å²) in [5, 5.41) is 14.0. The molecule has 1 fully saturated rings. The molecule has 0 spiro atoms. The number of thiazole rings is 1. The zero-order chi connectivity index (χ0) is 20.4. The van der Waals surface area contributed by atoms with Gasteiger partial charge in [-0.15, -0.1) is 21.5 Å². The number of rotatable bonds is 5. The molecule has 4 rings (SSSR count). The molecule has 29 heavy (non-hydrogen) atoms. The van der Waals surface area contributed by atoms with Crippen LogP contribution in [0.5, 0.6) is 0 Å². The monoisotopic (exact) mass is 430 g/mol. The number of hydrogen-bond donors (Lipinski definition) is 1. The molecule has 0 aromatic carbocycles. The van der Waals surface area contributed by atoms with Crippen molar-refractivity contribution in [3.8, 4) is 0 Å². The van der Waals surface area contributed by atoms with E-state index in [2.05, 4.69) is 25.5 Å². The molecule has 4 heterocycles. The van der Waals surface area contributed by atoms with Gasteiger partial charge in [0.2, 0.25) is 5.13 Å². The summed E-state index contributed by atoms with van der Waals surface area (Å²) >= 11 is 2.95. The molecule has 0 bridgehead atoms. The van der Waals surface area contributed by atoms with E-state index in [-0.39, 0.29) is 12.0 Å². The zero-order valence-corrected chi connectivity index (χ0v) is 18.1. The Bertz CT molecular complexity index is 1020. The SMILES string of the molecule is CCc1nnc(Nc2cccc([C@H]3CN(C(=O)c4sc(C)nc4C)CCO3)n2)s1. The Kier molecular flexibility index (Phi) is 5.84. The van der Waals surface area contributed by atoms with Gasteiger partial charge in [-0.25, -0.2) is 9.97 Å². The average molecular weight is 431 g/mol. The number of hydrogen-bond acceptors (Lipinski definition) is 9. The molecule has 1 aliphatic heterocycles. The lowest BCUT2D eigenvalue weighted by Crippen LogP contribution is -2.42. The maximum absolute atomic E-state index is 12.9. The van der Waals surface area contributed by atoms with Crippen LogP contribution < -0.4 is 5.32 Å². The highest BCUT2D eigenvalue weighted by atomic mass is 32.1. The predicted molar refractivity (Wildman–Crippen MR) is 113 cm³/mol. The Balaban J connectivity index is 1.48. The Labute approximate surface area is 177 Å². The number of nitrogens with one attached hydrogen (secondary N) is 1. The highest BCUT2D eigenvalue weighted by molar-refractivity contribution is 7.15. The Morgan fingerprint density at radius 1 is 1.28 bits per heavy atom. The van der Waals surface area contributed by atoms with Gasteiger partial charge >= 0.3 is 0 Å². The number of amides is 1. The summed E-state index contributed by atoms with van der Waals surface area (Å²) in [6, 6.07) is 5.72. The van der Waals surface area contributed by atoms with Crippen molar-refractivity contribution in [2.24, 2.45) is 0 Å². The van der Waals surface area contributed by atoms with E-state index < -0.39 is 0 Å². The summed E-state index contributed by atoms with van der Waals surface area (Å²) in [6.45, 7) is 7.34. The van der Waals surface area contributed by atoms with Crippen LogP contribution in [-0.2, 0) is 11.2 Å². The third kappa shape index (κ3) is 4.44. The summed E-state index contributed by atoms with van der Waals surface area (Å²) in [7, 11) is 0. The van der Waals surface area contributed by atoms with Crippen LogP contribution in [0.2, 0.25) is 0 Å². The van der Waals surface area contributed by atoms with Crippen molar-refractivity contribution in [2.45, 2.75) is 33.3 Å². The van der Waals surface area contributed by atoms with Gasteiger partial charge in [0.15, 0.2) is 0 Å². The maximum atomic E-state index is 12.9. The number of carbonyl (C=O) groups is 1. The van der Waals surface area contributed by atoms with E-state index in [1.54, 1.807) is 0 Å². The third-order valence-electron chi connectivity index (χ3n) is 4.56. The first-order valence-electron chi connectivity index (χ1n) is 9.44. The molecule has 3 aromatic heterocycles. The van der Waals surface area contributed by atoms with Crippen LogP contribution in [0.4, 0.5) is 10.9 Å². The number of aryl methyl sites for hydroxylation is 3. The van der Waals surface area contributed by atoms with E-state index in [4.69, 9.17) is 4.74 Å². The first kappa shape index (κ1) is 19.9. The van der Waals surface area contributed by atoms with Crippen LogP contribution in [0.25, 0.3) is 0 Å². The van der Waals surface area contributed by atoms with Gasteiger partial charge in [-0.1, -0.05) is 24.3 Å². The van der Waals surface area contributed by atoms with Crippen molar-refractivity contribution >= 4 is 39.5 Å². The fourth-order valence-electron chi connectivity index (χ4n) is 3.14. The van der Waals surface area contributed by atoms with Crippen LogP contribution in [-0.4, -0.2) is 50.7 Å². The first-order valence-corrected chi connectivity index (χ1v) is 11.1. The Morgan fingerprint density at radius 3 is 2.86 bits per heavy atom. The molecular formula is C19H22N6O2S2. The molecule has 152 valence electrons. The van der Waals surface area contributed by atoms with Crippen LogP contribution in [0.15, 0.2) is 18.2 Å². The summed E-state index contributed by atoms with van der Waals surface area (Å²) in [6.07, 6.45) is 0.579. The largest absolute Gasteiger partial charge is 0.368 e. The molecule has 0 unspecified atom stereocenters. The minimum atomic E-state index is -0.274. The van der Waals surface area contributed by atoms with Gasteiger partial charge in [-0.3, -0.25) is 4.79 Å². The summed E-state index contributed by atoms with van der Waals surface area (Å²) in [4.78, 5) is 24.5. The van der Waals surface area contributed by atoms with Crippen LogP contribution in [0.3, 0.4) is 0 Å². The summed E-state index contributed by atoms with van der Waals surface area (Å²) in [5.41, 5.74) is 1.57. The molecule has 10 heteroatoms. The topological polar surface area (TPSA) is 93.1 Å². The molecule has 1 aliphatic rings. The first-order chi connectivity index (χ1) is 14.0. The summed E-state index contributed by atoms with van der Waals surface area (Å²) in [5.74, 6) is 0.693. The van der Waals surface area contributed by atoms with Gasteiger partial charge in [-0.05, 0) is 32.4 Å². The number of ether oxygens (including phenoxy) is 1. The summed E-state index contributed by atoms with van der Waals surface area (Å²) < 4.78 is 5.92. The smallest absolute Gasteiger partial charge is 0.266 e. The van der Waals surface area contributed by atoms with Gasteiger partial charge in [-0.2, -0.15) is 0 Å². The number of nitrogens with zero attached hydrogens (tertiary/aromatic N) is 5. The van der Waals surface area contributed by atoms with Crippen molar-refractivity contribution in [1.82, 2.24) is 25.1 Å². The molecule has 0 radical (unpaired) electrons. The fourth-order valence-corrected chi connectivity index (χ4v) is 4.72. The van der Waals surface area contributed by atoms with E-state index >= 15 is 0 Å². The van der Waals surface area contributed by atoms with Gasteiger partial charge in [0.1, 0.15) is 21.8 Å². The number of carbonyl (C=O) groups excluding carboxylic acids is 1. The van der Waals surface area contributed by atoms with Crippen LogP contribution in [0.1, 0.15) is 44.1 Å². The van der Waals surface area contributed by atoms with Crippen molar-refractivity contribution in [3.05, 3.63) is 44.5 Å². The number of pyridine rings is 1. The van der Waals surface area contributed by atoms with E-state index in [1.807, 2.05) is 43.9 Å². The second-order valence-corrected chi connectivity index (χ2v) is 8.95. The number of aromatic nitrogens is 4. The standard InChI is InChI=1S/C19H22N6O2S2/c1-4-16-23-24-19(29-16)22-15-7-5-6-13(21-15)14-10-25(8-9-27-14)18(26)17-11(2)20-12(3)28-17/h5-7,14H,4,8-10H2,1-3H3,(H,21,22,24)/t14-/m1/s1. The lowest BCUT2D eigenvalue weighted by Gasteiger charge is -2.32. The van der Waals surface area contributed by atoms with Crippen LogP contribution in [0, 0.1) is 13.8 Å². The number of anilines is 2. The Hall–Kier alpha value is -2.43. The predicted octanol–water partition coefficient (Wildman–Crippen LogP) is 3.53. The molecule has 1 atom stereocenters. The maximum Gasteiger partial charge on any atom is 0.266 e. The van der Waals surface area contributed by atoms with Crippen molar-refractivity contribution < 1.29 is 9.53 Å². The molecule has 1 amide bonds.